The predicted molar refractivity (Wildman–Crippen MR) is 152 cm³/mol. The summed E-state index contributed by atoms with van der Waals surface area (Å²) in [5.74, 6) is -0.911. The SMILES string of the molecule is COCc1ccc(CCC(C)/C=C/C=C(\C)[C@H]2OC(=O)C[C@@H](O)CC[C@](C)(O)[C@@H](OC(C)=O)/C=C\[C@@H]2C)cc1. The average Bonchev–Trinajstić information content (AvgIpc) is 2.87. The number of aliphatic hydroxyl groups is 2. The third-order valence-corrected chi connectivity index (χ3v) is 7.09. The Labute approximate surface area is 233 Å². The summed E-state index contributed by atoms with van der Waals surface area (Å²) in [6, 6.07) is 8.48. The molecule has 7 heteroatoms. The summed E-state index contributed by atoms with van der Waals surface area (Å²) < 4.78 is 16.3. The molecule has 0 fully saturated rings. The largest absolute Gasteiger partial charge is 0.457 e. The molecule has 2 rings (SSSR count). The fraction of sp³-hybridized carbons (Fsp3) is 0.562. The quantitative estimate of drug-likeness (QED) is 0.250. The zero-order valence-corrected chi connectivity index (χ0v) is 24.3. The monoisotopic (exact) mass is 542 g/mol. The van der Waals surface area contributed by atoms with E-state index < -0.39 is 35.9 Å². The fourth-order valence-corrected chi connectivity index (χ4v) is 4.58. The maximum Gasteiger partial charge on any atom is 0.309 e. The van der Waals surface area contributed by atoms with Gasteiger partial charge in [-0.2, -0.15) is 0 Å². The summed E-state index contributed by atoms with van der Waals surface area (Å²) in [4.78, 5) is 24.3. The maximum atomic E-state index is 12.6. The zero-order valence-electron chi connectivity index (χ0n) is 24.3. The first kappa shape index (κ1) is 32.5. The van der Waals surface area contributed by atoms with Crippen LogP contribution >= 0.6 is 0 Å². The van der Waals surface area contributed by atoms with Gasteiger partial charge in [0.25, 0.3) is 0 Å². The van der Waals surface area contributed by atoms with E-state index in [9.17, 15) is 19.8 Å². The molecule has 0 bridgehead atoms. The van der Waals surface area contributed by atoms with Gasteiger partial charge >= 0.3 is 11.9 Å². The van der Waals surface area contributed by atoms with E-state index in [1.165, 1.54) is 12.5 Å². The number of methoxy groups -OCH3 is 1. The molecular formula is C32H46O7. The molecule has 0 saturated carbocycles. The second-order valence-electron chi connectivity index (χ2n) is 11.0. The van der Waals surface area contributed by atoms with Gasteiger partial charge in [-0.3, -0.25) is 9.59 Å². The summed E-state index contributed by atoms with van der Waals surface area (Å²) >= 11 is 0. The van der Waals surface area contributed by atoms with Gasteiger partial charge in [-0.1, -0.05) is 62.4 Å². The number of ether oxygens (including phenoxy) is 3. The molecule has 1 aromatic carbocycles. The maximum absolute atomic E-state index is 12.6. The molecule has 0 aliphatic carbocycles. The molecule has 0 saturated heterocycles. The van der Waals surface area contributed by atoms with Gasteiger partial charge in [0.05, 0.1) is 19.1 Å². The van der Waals surface area contributed by atoms with Crippen LogP contribution < -0.4 is 0 Å². The second-order valence-corrected chi connectivity index (χ2v) is 11.0. The number of hydrogen-bond acceptors (Lipinski definition) is 7. The van der Waals surface area contributed by atoms with Crippen molar-refractivity contribution in [1.29, 1.82) is 0 Å². The smallest absolute Gasteiger partial charge is 0.309 e. The van der Waals surface area contributed by atoms with Crippen molar-refractivity contribution in [2.75, 3.05) is 7.11 Å². The molecule has 2 N–H and O–H groups in total. The molecule has 6 atom stereocenters. The Balaban J connectivity index is 2.12. The lowest BCUT2D eigenvalue weighted by molar-refractivity contribution is -0.157. The standard InChI is InChI=1S/C32H46O7/c1-22(10-12-26-13-15-27(16-14-26)21-37-6)8-7-9-23(2)31-24(3)11-17-29(38-25(4)33)32(5,36)19-18-28(34)20-30(35)39-31/h7-9,11,13-17,22,24,28-29,31,34,36H,10,12,18-21H2,1-6H3/b8-7+,17-11-,23-9+/t22?,24-,28-,29-,31+,32-/m0/s1. The van der Waals surface area contributed by atoms with Crippen molar-refractivity contribution in [1.82, 2.24) is 0 Å². The van der Waals surface area contributed by atoms with Crippen molar-refractivity contribution in [2.24, 2.45) is 11.8 Å². The molecule has 7 nitrogen and oxygen atoms in total. The highest BCUT2D eigenvalue weighted by atomic mass is 16.6. The first-order chi connectivity index (χ1) is 18.4. The molecule has 1 aliphatic rings. The Hall–Kier alpha value is -2.74. The van der Waals surface area contributed by atoms with Crippen LogP contribution in [0.1, 0.15) is 71.4 Å². The van der Waals surface area contributed by atoms with Crippen LogP contribution in [0.25, 0.3) is 0 Å². The first-order valence-electron chi connectivity index (χ1n) is 13.8. The molecule has 1 aliphatic heterocycles. The molecule has 0 aromatic heterocycles. The number of hydrogen-bond donors (Lipinski definition) is 2. The highest BCUT2D eigenvalue weighted by Gasteiger charge is 2.35. The van der Waals surface area contributed by atoms with Crippen molar-refractivity contribution in [2.45, 2.75) is 97.2 Å². The van der Waals surface area contributed by atoms with Crippen LogP contribution in [0, 0.1) is 11.8 Å². The number of cyclic esters (lactones) is 1. The third-order valence-electron chi connectivity index (χ3n) is 7.09. The lowest BCUT2D eigenvalue weighted by Gasteiger charge is -2.32. The van der Waals surface area contributed by atoms with E-state index in [1.807, 2.05) is 26.0 Å². The van der Waals surface area contributed by atoms with Crippen molar-refractivity contribution in [3.05, 3.63) is 71.3 Å². The van der Waals surface area contributed by atoms with E-state index in [-0.39, 0.29) is 25.2 Å². The number of carbonyl (C=O) groups is 2. The summed E-state index contributed by atoms with van der Waals surface area (Å²) in [6.07, 6.45) is 9.21. The van der Waals surface area contributed by atoms with E-state index in [0.29, 0.717) is 12.5 Å². The molecule has 1 aromatic rings. The van der Waals surface area contributed by atoms with Crippen molar-refractivity contribution >= 4 is 11.9 Å². The number of esters is 2. The topological polar surface area (TPSA) is 102 Å². The van der Waals surface area contributed by atoms with Crippen LogP contribution in [0.2, 0.25) is 0 Å². The number of benzene rings is 1. The molecule has 0 spiro atoms. The number of rotatable bonds is 9. The van der Waals surface area contributed by atoms with E-state index in [1.54, 1.807) is 26.2 Å². The van der Waals surface area contributed by atoms with Crippen LogP contribution in [-0.4, -0.2) is 53.2 Å². The Morgan fingerprint density at radius 3 is 2.51 bits per heavy atom. The first-order valence-corrected chi connectivity index (χ1v) is 13.8. The van der Waals surface area contributed by atoms with Gasteiger partial charge in [0, 0.05) is 20.0 Å². The predicted octanol–water partition coefficient (Wildman–Crippen LogP) is 5.24. The Morgan fingerprint density at radius 2 is 1.87 bits per heavy atom. The Morgan fingerprint density at radius 1 is 1.21 bits per heavy atom. The zero-order chi connectivity index (χ0) is 29.0. The molecule has 0 radical (unpaired) electrons. The van der Waals surface area contributed by atoms with Gasteiger partial charge in [-0.15, -0.1) is 0 Å². The van der Waals surface area contributed by atoms with Gasteiger partial charge in [0.1, 0.15) is 17.8 Å². The van der Waals surface area contributed by atoms with Crippen LogP contribution in [0.4, 0.5) is 0 Å². The van der Waals surface area contributed by atoms with Gasteiger partial charge in [-0.05, 0) is 68.2 Å². The average molecular weight is 543 g/mol. The lowest BCUT2D eigenvalue weighted by atomic mass is 9.88. The molecule has 1 unspecified atom stereocenters. The lowest BCUT2D eigenvalue weighted by Crippen LogP contribution is -2.42. The summed E-state index contributed by atoms with van der Waals surface area (Å²) in [6.45, 7) is 9.45. The van der Waals surface area contributed by atoms with Crippen LogP contribution in [0.3, 0.4) is 0 Å². The minimum absolute atomic E-state index is 0.155. The summed E-state index contributed by atoms with van der Waals surface area (Å²) in [7, 11) is 1.69. The third kappa shape index (κ3) is 11.5. The van der Waals surface area contributed by atoms with Crippen molar-refractivity contribution in [3.8, 4) is 0 Å². The molecule has 216 valence electrons. The minimum atomic E-state index is -1.39. The van der Waals surface area contributed by atoms with Gasteiger partial charge in [0.15, 0.2) is 0 Å². The fourth-order valence-electron chi connectivity index (χ4n) is 4.58. The number of aryl methyl sites for hydroxylation is 1. The van der Waals surface area contributed by atoms with Crippen LogP contribution in [-0.2, 0) is 36.8 Å². The number of carbonyl (C=O) groups excluding carboxylic acids is 2. The van der Waals surface area contributed by atoms with Gasteiger partial charge in [0.2, 0.25) is 0 Å². The highest BCUT2D eigenvalue weighted by molar-refractivity contribution is 5.70. The van der Waals surface area contributed by atoms with Gasteiger partial charge < -0.3 is 24.4 Å². The highest BCUT2D eigenvalue weighted by Crippen LogP contribution is 2.27. The van der Waals surface area contributed by atoms with Gasteiger partial charge in [-0.25, -0.2) is 0 Å². The van der Waals surface area contributed by atoms with Crippen LogP contribution in [0.15, 0.2) is 60.2 Å². The van der Waals surface area contributed by atoms with E-state index in [4.69, 9.17) is 14.2 Å². The number of aliphatic hydroxyl groups excluding tert-OH is 1. The van der Waals surface area contributed by atoms with Crippen LogP contribution in [0.5, 0.6) is 0 Å². The van der Waals surface area contributed by atoms with Crippen molar-refractivity contribution in [3.63, 3.8) is 0 Å². The molecule has 1 heterocycles. The summed E-state index contributed by atoms with van der Waals surface area (Å²) in [5.41, 5.74) is 1.90. The van der Waals surface area contributed by atoms with E-state index in [2.05, 4.69) is 37.3 Å². The summed E-state index contributed by atoms with van der Waals surface area (Å²) in [5, 5.41) is 21.3. The normalized spacial score (nSPS) is 28.7. The van der Waals surface area contributed by atoms with Crippen molar-refractivity contribution < 1.29 is 34.0 Å². The molecular weight excluding hydrogens is 496 g/mol. The Kier molecular flexibility index (Phi) is 13.1. The number of allylic oxidation sites excluding steroid dienone is 3. The second kappa shape index (κ2) is 15.8. The minimum Gasteiger partial charge on any atom is -0.457 e. The molecule has 0 amide bonds. The van der Waals surface area contributed by atoms with E-state index in [0.717, 1.165) is 24.0 Å². The molecule has 39 heavy (non-hydrogen) atoms. The van der Waals surface area contributed by atoms with E-state index >= 15 is 0 Å². The Bertz CT molecular complexity index is 1010.